The number of para-hydroxylation sites is 1. The third kappa shape index (κ3) is 7.16. The first-order valence-corrected chi connectivity index (χ1v) is 25.6. The predicted molar refractivity (Wildman–Crippen MR) is 301 cm³/mol. The zero-order chi connectivity index (χ0) is 48.3. The molecule has 0 bridgehead atoms. The highest BCUT2D eigenvalue weighted by Gasteiger charge is 2.48. The lowest BCUT2D eigenvalue weighted by Crippen LogP contribution is -2.52. The van der Waals surface area contributed by atoms with Gasteiger partial charge in [0.05, 0.1) is 5.41 Å². The van der Waals surface area contributed by atoms with Crippen molar-refractivity contribution in [1.82, 2.24) is 0 Å². The van der Waals surface area contributed by atoms with Gasteiger partial charge in [-0.15, -0.1) is 0 Å². The van der Waals surface area contributed by atoms with Gasteiger partial charge in [0.1, 0.15) is 0 Å². The van der Waals surface area contributed by atoms with Crippen LogP contribution in [0.5, 0.6) is 0 Å². The van der Waals surface area contributed by atoms with Crippen molar-refractivity contribution in [2.45, 2.75) is 80.1 Å². The minimum atomic E-state index is -0.466. The van der Waals surface area contributed by atoms with E-state index in [9.17, 15) is 0 Å². The summed E-state index contributed by atoms with van der Waals surface area (Å²) in [5.74, 6) is 0. The standard InChI is InChI=1S/C67H63BN2/c1-9-20-61-66(54-38-34-50-33-30-45(5)40-59(50)67(48(8)41-47(54)7)57-28-17-15-26-55(57)56-27-16-18-29-58(56)67)69(52-36-31-44(4)32-37-52)43-62-63(21-10-2)70(53-24-13-12-14-25-53)64-42-51(35-39-60(64)68(61)62)65-46(6)22-19-23-49(65)11-3/h10,12-19,21-42H,9,11,20,43H2,1-8H3/b21-10-,38-34?,48-41+,54-47?. The van der Waals surface area contributed by atoms with Crippen molar-refractivity contribution in [1.29, 1.82) is 0 Å². The molecule has 0 radical (unpaired) electrons. The third-order valence-electron chi connectivity index (χ3n) is 15.7. The van der Waals surface area contributed by atoms with Crippen molar-refractivity contribution in [3.63, 3.8) is 0 Å². The number of rotatable bonds is 8. The number of anilines is 3. The maximum Gasteiger partial charge on any atom is 0.242 e. The fourth-order valence-corrected chi connectivity index (χ4v) is 12.7. The Labute approximate surface area is 417 Å². The van der Waals surface area contributed by atoms with Crippen molar-refractivity contribution in [2.24, 2.45) is 0 Å². The maximum atomic E-state index is 2.67. The molecule has 11 rings (SSSR count). The number of aryl methyl sites for hydroxylation is 4. The molecule has 0 aromatic heterocycles. The number of fused-ring (bicyclic) bond motifs is 10. The van der Waals surface area contributed by atoms with E-state index in [1.807, 2.05) is 0 Å². The van der Waals surface area contributed by atoms with Crippen LogP contribution in [-0.2, 0) is 11.8 Å². The van der Waals surface area contributed by atoms with Gasteiger partial charge in [-0.2, -0.15) is 0 Å². The lowest BCUT2D eigenvalue weighted by molar-refractivity contribution is 0.742. The highest BCUT2D eigenvalue weighted by atomic mass is 15.2. The number of allylic oxidation sites excluding steroid dienone is 7. The second-order valence-electron chi connectivity index (χ2n) is 20.0. The van der Waals surface area contributed by atoms with Crippen molar-refractivity contribution < 1.29 is 0 Å². The second-order valence-corrected chi connectivity index (χ2v) is 20.0. The molecule has 0 fully saturated rings. The molecule has 2 heterocycles. The normalized spacial score (nSPS) is 16.7. The van der Waals surface area contributed by atoms with E-state index in [0.717, 1.165) is 25.8 Å². The summed E-state index contributed by atoms with van der Waals surface area (Å²) in [5.41, 5.74) is 29.7. The van der Waals surface area contributed by atoms with Crippen LogP contribution in [0.1, 0.15) is 92.0 Å². The smallest absolute Gasteiger partial charge is 0.242 e. The lowest BCUT2D eigenvalue weighted by Gasteiger charge is -2.46. The molecule has 3 heteroatoms. The molecular weight excluding hydrogens is 844 g/mol. The summed E-state index contributed by atoms with van der Waals surface area (Å²) in [6, 6.07) is 59.9. The fourth-order valence-electron chi connectivity index (χ4n) is 12.7. The van der Waals surface area contributed by atoms with Crippen LogP contribution in [0, 0.1) is 20.8 Å². The van der Waals surface area contributed by atoms with Gasteiger partial charge in [0.25, 0.3) is 0 Å². The first-order chi connectivity index (χ1) is 34.2. The minimum absolute atomic E-state index is 0.0654. The number of hydrogen-bond donors (Lipinski definition) is 0. The van der Waals surface area contributed by atoms with Crippen LogP contribution in [0.25, 0.3) is 28.3 Å². The molecule has 2 nitrogen and oxygen atoms in total. The first-order valence-electron chi connectivity index (χ1n) is 25.6. The topological polar surface area (TPSA) is 6.48 Å². The summed E-state index contributed by atoms with van der Waals surface area (Å²) >= 11 is 0. The molecule has 344 valence electrons. The molecule has 4 aliphatic rings. The van der Waals surface area contributed by atoms with E-state index in [0.29, 0.717) is 0 Å². The fraction of sp³-hybridized carbons (Fsp3) is 0.194. The molecule has 0 saturated heterocycles. The van der Waals surface area contributed by atoms with E-state index in [1.165, 1.54) is 128 Å². The highest BCUT2D eigenvalue weighted by Crippen LogP contribution is 2.58. The summed E-state index contributed by atoms with van der Waals surface area (Å²) < 4.78 is 0. The van der Waals surface area contributed by atoms with E-state index in [4.69, 9.17) is 0 Å². The molecule has 0 atom stereocenters. The van der Waals surface area contributed by atoms with Crippen molar-refractivity contribution >= 4 is 35.3 Å². The second kappa shape index (κ2) is 18.2. The van der Waals surface area contributed by atoms with Crippen LogP contribution in [0.15, 0.2) is 221 Å². The molecule has 7 aromatic carbocycles. The lowest BCUT2D eigenvalue weighted by atomic mass is 9.31. The van der Waals surface area contributed by atoms with Crippen LogP contribution >= 0.6 is 0 Å². The zero-order valence-electron chi connectivity index (χ0n) is 42.2. The minimum Gasteiger partial charge on any atom is -0.338 e. The van der Waals surface area contributed by atoms with Crippen molar-refractivity contribution in [3.05, 3.63) is 266 Å². The summed E-state index contributed by atoms with van der Waals surface area (Å²) in [4.78, 5) is 5.22. The van der Waals surface area contributed by atoms with Gasteiger partial charge in [0, 0.05) is 40.6 Å². The van der Waals surface area contributed by atoms with E-state index in [-0.39, 0.29) is 6.71 Å². The number of hydrogen-bond acceptors (Lipinski definition) is 2. The van der Waals surface area contributed by atoms with Gasteiger partial charge in [0.2, 0.25) is 6.71 Å². The van der Waals surface area contributed by atoms with Crippen molar-refractivity contribution in [3.8, 4) is 22.3 Å². The average Bonchev–Trinajstić information content (AvgIpc) is 3.70. The Kier molecular flexibility index (Phi) is 11.7. The Bertz CT molecular complexity index is 3360. The molecule has 0 unspecified atom stereocenters. The first kappa shape index (κ1) is 45.1. The van der Waals surface area contributed by atoms with Gasteiger partial charge in [-0.3, -0.25) is 0 Å². The molecule has 2 aliphatic carbocycles. The van der Waals surface area contributed by atoms with E-state index >= 15 is 0 Å². The maximum absolute atomic E-state index is 2.67. The molecule has 0 saturated carbocycles. The molecular formula is C67H63BN2. The van der Waals surface area contributed by atoms with Gasteiger partial charge in [-0.25, -0.2) is 0 Å². The Morgan fingerprint density at radius 3 is 2.04 bits per heavy atom. The van der Waals surface area contributed by atoms with Gasteiger partial charge >= 0.3 is 0 Å². The van der Waals surface area contributed by atoms with Crippen LogP contribution < -0.4 is 15.3 Å². The van der Waals surface area contributed by atoms with Crippen molar-refractivity contribution in [2.75, 3.05) is 16.3 Å². The van der Waals surface area contributed by atoms with Crippen LogP contribution in [0.4, 0.5) is 17.1 Å². The average molecular weight is 907 g/mol. The molecule has 7 aromatic rings. The Morgan fingerprint density at radius 2 is 1.34 bits per heavy atom. The van der Waals surface area contributed by atoms with Crippen LogP contribution in [0.3, 0.4) is 0 Å². The summed E-state index contributed by atoms with van der Waals surface area (Å²) in [6.45, 7) is 19.1. The molecule has 0 N–H and O–H groups in total. The summed E-state index contributed by atoms with van der Waals surface area (Å²) in [6.07, 6.45) is 15.0. The van der Waals surface area contributed by atoms with E-state index in [1.54, 1.807) is 0 Å². The quantitative estimate of drug-likeness (QED) is 0.140. The molecule has 2 aliphatic heterocycles. The largest absolute Gasteiger partial charge is 0.338 e. The van der Waals surface area contributed by atoms with E-state index in [2.05, 4.69) is 253 Å². The number of nitrogens with zero attached hydrogens (tertiary/aromatic N) is 2. The third-order valence-corrected chi connectivity index (χ3v) is 15.7. The van der Waals surface area contributed by atoms with E-state index < -0.39 is 5.41 Å². The summed E-state index contributed by atoms with van der Waals surface area (Å²) in [5, 5.41) is 0. The number of benzene rings is 7. The SMILES string of the molecule is C/C=C\C1=C2CN(c3ccc(C)cc3)C(C3=C(C)/C=C(\C)C4(c5cc(C)ccc5C=C3)c3ccccc3-c3ccccc34)=C(CCC)B2c2ccc(-c3c(C)cccc3CC)cc2N1c1ccccc1. The highest BCUT2D eigenvalue weighted by molar-refractivity contribution is 6.88. The molecule has 1 spiro atoms. The van der Waals surface area contributed by atoms with Gasteiger partial charge in [-0.1, -0.05) is 194 Å². The van der Waals surface area contributed by atoms with Gasteiger partial charge < -0.3 is 9.80 Å². The summed E-state index contributed by atoms with van der Waals surface area (Å²) in [7, 11) is 0. The predicted octanol–water partition coefficient (Wildman–Crippen LogP) is 16.5. The van der Waals surface area contributed by atoms with Crippen LogP contribution in [-0.4, -0.2) is 13.3 Å². The van der Waals surface area contributed by atoms with Gasteiger partial charge in [-0.05, 0) is 163 Å². The Hall–Kier alpha value is -7.36. The molecule has 70 heavy (non-hydrogen) atoms. The zero-order valence-corrected chi connectivity index (χ0v) is 42.2. The Balaban J connectivity index is 1.23. The Morgan fingerprint density at radius 1 is 0.643 bits per heavy atom. The van der Waals surface area contributed by atoms with Gasteiger partial charge in [0.15, 0.2) is 0 Å². The molecule has 0 amide bonds. The van der Waals surface area contributed by atoms with Crippen LogP contribution in [0.2, 0.25) is 0 Å². The monoisotopic (exact) mass is 907 g/mol.